The summed E-state index contributed by atoms with van der Waals surface area (Å²) in [5.74, 6) is 0.0116. The van der Waals surface area contributed by atoms with Crippen molar-refractivity contribution in [2.24, 2.45) is 7.05 Å². The van der Waals surface area contributed by atoms with E-state index in [1.165, 1.54) is 30.1 Å². The first kappa shape index (κ1) is 18.5. The number of halogens is 3. The fourth-order valence-corrected chi connectivity index (χ4v) is 2.52. The van der Waals surface area contributed by atoms with E-state index in [9.17, 15) is 18.0 Å². The number of hydrogen-bond acceptors (Lipinski definition) is 4. The molecule has 7 nitrogen and oxygen atoms in total. The number of alkyl halides is 3. The molecule has 27 heavy (non-hydrogen) atoms. The van der Waals surface area contributed by atoms with E-state index in [1.54, 1.807) is 20.0 Å². The number of hydrogen-bond donors (Lipinski definition) is 1. The molecule has 10 heteroatoms. The van der Waals surface area contributed by atoms with E-state index >= 15 is 0 Å². The number of benzene rings is 1. The summed E-state index contributed by atoms with van der Waals surface area (Å²) < 4.78 is 46.6. The van der Waals surface area contributed by atoms with Crippen molar-refractivity contribution in [1.82, 2.24) is 19.6 Å². The average Bonchev–Trinajstić information content (AvgIpc) is 3.17. The normalized spacial score (nSPS) is 11.5. The van der Waals surface area contributed by atoms with Gasteiger partial charge in [0, 0.05) is 13.1 Å². The van der Waals surface area contributed by atoms with Crippen LogP contribution in [-0.4, -0.2) is 32.6 Å². The highest BCUT2D eigenvalue weighted by atomic mass is 19.4. The molecule has 2 aromatic heterocycles. The number of carbonyl (C=O) groups excluding carboxylic acids is 1. The zero-order valence-electron chi connectivity index (χ0n) is 14.7. The maximum absolute atomic E-state index is 12.9. The van der Waals surface area contributed by atoms with Crippen LogP contribution in [0.4, 0.5) is 19.0 Å². The highest BCUT2D eigenvalue weighted by Gasteiger charge is 2.30. The minimum Gasteiger partial charge on any atom is -0.493 e. The molecule has 0 saturated heterocycles. The number of methoxy groups -OCH3 is 1. The Bertz CT molecular complexity index is 991. The number of amides is 1. The van der Waals surface area contributed by atoms with E-state index in [-0.39, 0.29) is 17.1 Å². The van der Waals surface area contributed by atoms with Crippen molar-refractivity contribution in [3.8, 4) is 11.4 Å². The van der Waals surface area contributed by atoms with Crippen LogP contribution in [-0.2, 0) is 13.2 Å². The van der Waals surface area contributed by atoms with Crippen molar-refractivity contribution >= 4 is 11.7 Å². The first-order chi connectivity index (χ1) is 12.7. The lowest BCUT2D eigenvalue weighted by atomic mass is 10.2. The van der Waals surface area contributed by atoms with Crippen LogP contribution in [0.15, 0.2) is 36.5 Å². The van der Waals surface area contributed by atoms with Gasteiger partial charge in [-0.1, -0.05) is 6.07 Å². The van der Waals surface area contributed by atoms with Gasteiger partial charge in [0.05, 0.1) is 30.3 Å². The highest BCUT2D eigenvalue weighted by Crippen LogP contribution is 2.30. The lowest BCUT2D eigenvalue weighted by molar-refractivity contribution is -0.137. The third-order valence-electron chi connectivity index (χ3n) is 3.80. The van der Waals surface area contributed by atoms with Crippen LogP contribution in [0.25, 0.3) is 5.69 Å². The molecule has 0 saturated carbocycles. The molecule has 0 unspecified atom stereocenters. The Balaban J connectivity index is 1.94. The number of anilines is 1. The van der Waals surface area contributed by atoms with E-state index in [0.29, 0.717) is 11.5 Å². The minimum atomic E-state index is -4.48. The zero-order valence-corrected chi connectivity index (χ0v) is 14.7. The maximum atomic E-state index is 12.9. The van der Waals surface area contributed by atoms with Gasteiger partial charge in [-0.3, -0.25) is 9.48 Å². The van der Waals surface area contributed by atoms with Crippen molar-refractivity contribution < 1.29 is 22.7 Å². The molecule has 0 radical (unpaired) electrons. The van der Waals surface area contributed by atoms with Crippen molar-refractivity contribution in [3.63, 3.8) is 0 Å². The molecule has 0 aliphatic rings. The summed E-state index contributed by atoms with van der Waals surface area (Å²) in [5.41, 5.74) is -0.00703. The Kier molecular flexibility index (Phi) is 4.64. The van der Waals surface area contributed by atoms with E-state index in [1.807, 2.05) is 0 Å². The molecule has 0 atom stereocenters. The Labute approximate surface area is 152 Å². The van der Waals surface area contributed by atoms with E-state index in [4.69, 9.17) is 4.74 Å². The number of nitrogens with zero attached hydrogens (tertiary/aromatic N) is 4. The van der Waals surface area contributed by atoms with Gasteiger partial charge >= 0.3 is 6.18 Å². The van der Waals surface area contributed by atoms with Gasteiger partial charge in [0.1, 0.15) is 5.82 Å². The maximum Gasteiger partial charge on any atom is 0.416 e. The Hall–Kier alpha value is -3.30. The van der Waals surface area contributed by atoms with Crippen LogP contribution >= 0.6 is 0 Å². The highest BCUT2D eigenvalue weighted by molar-refractivity contribution is 6.04. The third kappa shape index (κ3) is 3.78. The second-order valence-corrected chi connectivity index (χ2v) is 5.79. The van der Waals surface area contributed by atoms with Crippen molar-refractivity contribution in [1.29, 1.82) is 0 Å². The summed E-state index contributed by atoms with van der Waals surface area (Å²) in [7, 11) is 3.01. The van der Waals surface area contributed by atoms with E-state index in [0.717, 1.165) is 16.8 Å². The third-order valence-corrected chi connectivity index (χ3v) is 3.80. The van der Waals surface area contributed by atoms with Crippen molar-refractivity contribution in [2.45, 2.75) is 13.1 Å². The van der Waals surface area contributed by atoms with Crippen LogP contribution in [0.5, 0.6) is 5.75 Å². The quantitative estimate of drug-likeness (QED) is 0.756. The number of aryl methyl sites for hydroxylation is 2. The number of aromatic nitrogens is 4. The number of carbonyl (C=O) groups is 1. The van der Waals surface area contributed by atoms with Gasteiger partial charge in [-0.15, -0.1) is 0 Å². The topological polar surface area (TPSA) is 74.0 Å². The zero-order chi connectivity index (χ0) is 19.8. The summed E-state index contributed by atoms with van der Waals surface area (Å²) in [6.45, 7) is 1.78. The van der Waals surface area contributed by atoms with Crippen LogP contribution < -0.4 is 10.1 Å². The molecule has 0 aliphatic carbocycles. The van der Waals surface area contributed by atoms with Gasteiger partial charge in [0.2, 0.25) is 0 Å². The first-order valence-electron chi connectivity index (χ1n) is 7.82. The Morgan fingerprint density at radius 3 is 2.56 bits per heavy atom. The Morgan fingerprint density at radius 2 is 1.96 bits per heavy atom. The molecule has 0 spiro atoms. The molecule has 0 fully saturated rings. The predicted molar refractivity (Wildman–Crippen MR) is 91.0 cm³/mol. The number of ether oxygens (including phenoxy) is 1. The van der Waals surface area contributed by atoms with Crippen molar-refractivity contribution in [3.05, 3.63) is 53.5 Å². The molecule has 0 bridgehead atoms. The van der Waals surface area contributed by atoms with Gasteiger partial charge in [-0.05, 0) is 25.1 Å². The van der Waals surface area contributed by atoms with Crippen LogP contribution in [0.3, 0.4) is 0 Å². The molecule has 1 amide bonds. The van der Waals surface area contributed by atoms with Gasteiger partial charge in [0.25, 0.3) is 5.91 Å². The largest absolute Gasteiger partial charge is 0.493 e. The molecule has 142 valence electrons. The summed E-state index contributed by atoms with van der Waals surface area (Å²) in [5, 5.41) is 10.9. The number of rotatable bonds is 4. The second-order valence-electron chi connectivity index (χ2n) is 5.79. The Morgan fingerprint density at radius 1 is 1.22 bits per heavy atom. The fraction of sp³-hybridized carbons (Fsp3) is 0.235. The summed E-state index contributed by atoms with van der Waals surface area (Å²) in [6, 6.07) is 6.30. The summed E-state index contributed by atoms with van der Waals surface area (Å²) in [6.07, 6.45) is -3.14. The van der Waals surface area contributed by atoms with E-state index in [2.05, 4.69) is 15.5 Å². The average molecular weight is 379 g/mol. The van der Waals surface area contributed by atoms with Crippen molar-refractivity contribution in [2.75, 3.05) is 12.4 Å². The second kappa shape index (κ2) is 6.78. The number of nitrogens with one attached hydrogen (secondary N) is 1. The smallest absolute Gasteiger partial charge is 0.416 e. The lowest BCUT2D eigenvalue weighted by Crippen LogP contribution is -2.16. The molecule has 3 rings (SSSR count). The molecular formula is C17H16F3N5O2. The standard InChI is InChI=1S/C17H16F3N5O2/c1-10-7-14(24(2)22-10)21-16(26)15-13(27-3)9-25(23-15)12-6-4-5-11(8-12)17(18,19)20/h4-9H,1-3H3,(H,21,26). The van der Waals surface area contributed by atoms with Gasteiger partial charge in [0.15, 0.2) is 11.4 Å². The van der Waals surface area contributed by atoms with Crippen LogP contribution in [0.1, 0.15) is 21.7 Å². The SMILES string of the molecule is COc1cn(-c2cccc(C(F)(F)F)c2)nc1C(=O)Nc1cc(C)nn1C. The van der Waals surface area contributed by atoms with Gasteiger partial charge in [-0.2, -0.15) is 23.4 Å². The van der Waals surface area contributed by atoms with Crippen LogP contribution in [0, 0.1) is 6.92 Å². The molecule has 2 heterocycles. The lowest BCUT2D eigenvalue weighted by Gasteiger charge is -2.08. The molecule has 3 aromatic rings. The molecule has 1 aromatic carbocycles. The fourth-order valence-electron chi connectivity index (χ4n) is 2.52. The van der Waals surface area contributed by atoms with Crippen LogP contribution in [0.2, 0.25) is 0 Å². The molecule has 1 N–H and O–H groups in total. The molecular weight excluding hydrogens is 363 g/mol. The van der Waals surface area contributed by atoms with E-state index < -0.39 is 17.6 Å². The minimum absolute atomic E-state index is 0.0613. The summed E-state index contributed by atoms with van der Waals surface area (Å²) in [4.78, 5) is 12.5. The van der Waals surface area contributed by atoms with Gasteiger partial charge in [-0.25, -0.2) is 4.68 Å². The van der Waals surface area contributed by atoms with Gasteiger partial charge < -0.3 is 10.1 Å². The summed E-state index contributed by atoms with van der Waals surface area (Å²) >= 11 is 0. The first-order valence-corrected chi connectivity index (χ1v) is 7.82. The monoisotopic (exact) mass is 379 g/mol. The predicted octanol–water partition coefficient (Wildman–Crippen LogP) is 3.19. The molecule has 0 aliphatic heterocycles.